The Hall–Kier alpha value is -9.63. The third-order valence-corrected chi connectivity index (χ3v) is 14.0. The Labute approximate surface area is 518 Å². The van der Waals surface area contributed by atoms with Gasteiger partial charge in [0.1, 0.15) is 52.0 Å². The summed E-state index contributed by atoms with van der Waals surface area (Å²) in [5.41, 5.74) is 4.84. The maximum absolute atomic E-state index is 14.2. The summed E-state index contributed by atoms with van der Waals surface area (Å²) in [5, 5.41) is 29.0. The quantitative estimate of drug-likeness (QED) is 0.0342. The number of Topliss-reactive ketones (excluding diaryl/α,β-unsaturated/α-hetero) is 1. The molecule has 89 heavy (non-hydrogen) atoms. The number of ether oxygens (including phenoxy) is 1. The van der Waals surface area contributed by atoms with E-state index in [4.69, 9.17) is 21.4 Å². The van der Waals surface area contributed by atoms with E-state index in [1.165, 1.54) is 43.3 Å². The Morgan fingerprint density at radius 2 is 0.989 bits per heavy atom. The molecule has 0 bridgehead atoms. The average molecular weight is 1300 g/mol. The number of nitrogens with one attached hydrogen (secondary N) is 2. The van der Waals surface area contributed by atoms with Crippen LogP contribution in [0.15, 0.2) is 204 Å². The number of rotatable bonds is 10. The molecule has 2 aliphatic heterocycles. The second kappa shape index (κ2) is 30.3. The molecular weight excluding hydrogens is 1250 g/mol. The van der Waals surface area contributed by atoms with Crippen LogP contribution in [-0.4, -0.2) is 60.0 Å². The number of aliphatic hydroxyl groups is 1. The van der Waals surface area contributed by atoms with Gasteiger partial charge in [-0.1, -0.05) is 173 Å². The predicted molar refractivity (Wildman–Crippen MR) is 329 cm³/mol. The lowest BCUT2D eigenvalue weighted by molar-refractivity contribution is -0.169. The minimum absolute atomic E-state index is 0.0436. The molecule has 456 valence electrons. The SMILES string of the molecule is CC(Br)C(=O)c1ccccc1.CC1(O)OC(=O)C(c2c(F)cccc2F)=C1c1ccccc1.CC1=NNC(Cl)C(c2c(F)cccc2F)=C1c1ccccc1.Cc1n[nH]c(=O)c(-c2c(F)cccc2F)c1-c1ccccc1.O=C(O)Cc1c(F)cccc1F. The van der Waals surface area contributed by atoms with Crippen LogP contribution < -0.4 is 11.0 Å². The van der Waals surface area contributed by atoms with Crippen LogP contribution >= 0.6 is 27.5 Å². The van der Waals surface area contributed by atoms with E-state index in [9.17, 15) is 59.4 Å². The van der Waals surface area contributed by atoms with Gasteiger partial charge in [0, 0.05) is 40.3 Å². The number of halogens is 10. The molecule has 0 radical (unpaired) electrons. The maximum atomic E-state index is 14.2. The number of carbonyl (C=O) groups excluding carboxylic acids is 2. The molecule has 11 rings (SSSR count). The van der Waals surface area contributed by atoms with Crippen LogP contribution in [0.5, 0.6) is 0 Å². The number of alkyl halides is 2. The number of hydrazone groups is 1. The van der Waals surface area contributed by atoms with Gasteiger partial charge < -0.3 is 14.9 Å². The fourth-order valence-corrected chi connectivity index (χ4v) is 9.86. The van der Waals surface area contributed by atoms with E-state index >= 15 is 0 Å². The van der Waals surface area contributed by atoms with Gasteiger partial charge in [-0.2, -0.15) is 10.2 Å². The number of aryl methyl sites for hydroxylation is 1. The molecular formula is C68H52BrClF8N4O7. The zero-order chi connectivity index (χ0) is 64.7. The number of aromatic amines is 1. The van der Waals surface area contributed by atoms with Crippen molar-refractivity contribution in [3.05, 3.63) is 290 Å². The van der Waals surface area contributed by atoms with Crippen molar-refractivity contribution in [2.75, 3.05) is 0 Å². The van der Waals surface area contributed by atoms with Crippen molar-refractivity contribution in [1.29, 1.82) is 0 Å². The molecule has 8 aromatic carbocycles. The van der Waals surface area contributed by atoms with E-state index in [1.807, 2.05) is 73.7 Å². The van der Waals surface area contributed by atoms with E-state index in [0.717, 1.165) is 47.5 Å². The molecule has 0 spiro atoms. The van der Waals surface area contributed by atoms with Crippen LogP contribution in [0, 0.1) is 53.5 Å². The largest absolute Gasteiger partial charge is 0.481 e. The van der Waals surface area contributed by atoms with Crippen LogP contribution in [0.25, 0.3) is 44.5 Å². The number of hydrogen-bond donors (Lipinski definition) is 4. The van der Waals surface area contributed by atoms with Gasteiger partial charge in [0.15, 0.2) is 5.78 Å². The molecule has 2 aliphatic rings. The summed E-state index contributed by atoms with van der Waals surface area (Å²) in [5.74, 6) is -10.3. The van der Waals surface area contributed by atoms with Crippen LogP contribution in [0.2, 0.25) is 0 Å². The third-order valence-electron chi connectivity index (χ3n) is 13.3. The first-order valence-electron chi connectivity index (χ1n) is 26.8. The maximum Gasteiger partial charge on any atom is 0.342 e. The zero-order valence-corrected chi connectivity index (χ0v) is 49.8. The number of aliphatic carboxylic acids is 1. The average Bonchev–Trinajstić information content (AvgIpc) is 1.79. The van der Waals surface area contributed by atoms with Crippen molar-refractivity contribution >= 4 is 73.3 Å². The Bertz CT molecular complexity index is 4110. The highest BCUT2D eigenvalue weighted by Crippen LogP contribution is 2.44. The number of benzene rings is 8. The van der Waals surface area contributed by atoms with Crippen LogP contribution in [-0.2, 0) is 20.7 Å². The molecule has 4 N–H and O–H groups in total. The first-order chi connectivity index (χ1) is 42.4. The zero-order valence-electron chi connectivity index (χ0n) is 47.4. The summed E-state index contributed by atoms with van der Waals surface area (Å²) in [6, 6.07) is 49.8. The Balaban J connectivity index is 0.000000163. The lowest BCUT2D eigenvalue weighted by Gasteiger charge is -2.25. The highest BCUT2D eigenvalue weighted by Gasteiger charge is 2.45. The van der Waals surface area contributed by atoms with Crippen LogP contribution in [0.3, 0.4) is 0 Å². The standard InChI is InChI=1S/C17H13ClF2N2.C17H12F2N2O.C17H12F2O3.C9H9BrO.C8H6F2O2/c1-10-14(11-6-3-2-4-7-11)16(17(18)22-21-10)15-12(19)8-5-9-13(15)20;1-10-14(11-6-3-2-4-7-11)16(17(22)21-20-10)15-12(18)8-5-9-13(15)19;1-17(21)15(10-6-3-2-4-7-10)14(16(20)22-17)13-11(18)8-5-9-12(13)19;1-7(10)9(11)8-5-3-2-4-6-8;9-6-2-1-3-7(10)5(6)4-8(11)12/h2-9,17,22H,1H3;2-9H,1H3,(H,21,22);2-9,21H,1H3;2-7H,1H3;1-3H,4H2,(H,11,12). The van der Waals surface area contributed by atoms with Crippen LogP contribution in [0.4, 0.5) is 35.1 Å². The number of nitrogens with zero attached hydrogens (tertiary/aromatic N) is 2. The molecule has 0 amide bonds. The van der Waals surface area contributed by atoms with E-state index in [0.29, 0.717) is 39.2 Å². The fourth-order valence-electron chi connectivity index (χ4n) is 9.33. The minimum atomic E-state index is -1.96. The van der Waals surface area contributed by atoms with Crippen molar-refractivity contribution in [3.8, 4) is 22.3 Å². The summed E-state index contributed by atoms with van der Waals surface area (Å²) in [6.07, 6.45) is -0.626. The fraction of sp³-hybridized carbons (Fsp3) is 0.118. The van der Waals surface area contributed by atoms with Gasteiger partial charge in [-0.15, -0.1) is 0 Å². The summed E-state index contributed by atoms with van der Waals surface area (Å²) < 4.78 is 115. The van der Waals surface area contributed by atoms with Crippen molar-refractivity contribution in [3.63, 3.8) is 0 Å². The topological polar surface area (TPSA) is 171 Å². The first-order valence-corrected chi connectivity index (χ1v) is 28.1. The molecule has 11 nitrogen and oxygen atoms in total. The number of hydrogen-bond acceptors (Lipinski definition) is 9. The van der Waals surface area contributed by atoms with Gasteiger partial charge in [-0.05, 0) is 86.0 Å². The Kier molecular flexibility index (Phi) is 22.8. The Morgan fingerprint density at radius 3 is 1.45 bits per heavy atom. The number of carboxylic acids is 1. The number of H-pyrrole nitrogens is 1. The summed E-state index contributed by atoms with van der Waals surface area (Å²) in [4.78, 5) is 45.7. The van der Waals surface area contributed by atoms with E-state index in [1.54, 1.807) is 68.4 Å². The summed E-state index contributed by atoms with van der Waals surface area (Å²) >= 11 is 9.49. The minimum Gasteiger partial charge on any atom is -0.481 e. The first kappa shape index (κ1) is 66.9. The molecule has 0 fully saturated rings. The molecule has 3 heterocycles. The van der Waals surface area contributed by atoms with Crippen molar-refractivity contribution in [2.24, 2.45) is 5.10 Å². The number of cyclic esters (lactones) is 1. The highest BCUT2D eigenvalue weighted by molar-refractivity contribution is 9.10. The normalized spacial score (nSPS) is 15.2. The number of ketones is 1. The van der Waals surface area contributed by atoms with E-state index in [2.05, 4.69) is 36.7 Å². The summed E-state index contributed by atoms with van der Waals surface area (Å²) in [7, 11) is 0. The predicted octanol–water partition coefficient (Wildman–Crippen LogP) is 15.5. The summed E-state index contributed by atoms with van der Waals surface area (Å²) in [6.45, 7) is 6.55. The highest BCUT2D eigenvalue weighted by atomic mass is 79.9. The second-order valence-corrected chi connectivity index (χ2v) is 21.3. The van der Waals surface area contributed by atoms with Gasteiger partial charge in [-0.3, -0.25) is 19.8 Å². The van der Waals surface area contributed by atoms with Crippen molar-refractivity contribution in [2.45, 2.75) is 50.2 Å². The van der Waals surface area contributed by atoms with Crippen molar-refractivity contribution in [1.82, 2.24) is 15.6 Å². The van der Waals surface area contributed by atoms with E-state index < -0.39 is 92.9 Å². The van der Waals surface area contributed by atoms with Gasteiger partial charge in [0.2, 0.25) is 5.79 Å². The number of allylic oxidation sites excluding steroid dienone is 1. The third kappa shape index (κ3) is 16.3. The van der Waals surface area contributed by atoms with Gasteiger partial charge in [-0.25, -0.2) is 45.0 Å². The van der Waals surface area contributed by atoms with Gasteiger partial charge >= 0.3 is 11.9 Å². The van der Waals surface area contributed by atoms with Crippen LogP contribution in [0.1, 0.15) is 64.6 Å². The molecule has 9 aromatic rings. The number of esters is 1. The van der Waals surface area contributed by atoms with Gasteiger partial charge in [0.25, 0.3) is 5.56 Å². The van der Waals surface area contributed by atoms with Crippen molar-refractivity contribution < 1.29 is 64.5 Å². The second-order valence-electron chi connectivity index (χ2n) is 19.5. The monoisotopic (exact) mass is 1300 g/mol. The van der Waals surface area contributed by atoms with Gasteiger partial charge in [0.05, 0.1) is 50.5 Å². The number of carbonyl (C=O) groups is 3. The lowest BCUT2D eigenvalue weighted by atomic mass is 9.90. The molecule has 0 saturated carbocycles. The number of aromatic nitrogens is 2. The number of carboxylic acid groups (broad SMARTS) is 1. The molecule has 21 heteroatoms. The molecule has 3 unspecified atom stereocenters. The molecule has 0 saturated heterocycles. The van der Waals surface area contributed by atoms with E-state index in [-0.39, 0.29) is 38.4 Å². The molecule has 0 aliphatic carbocycles. The lowest BCUT2D eigenvalue weighted by Crippen LogP contribution is -2.28. The molecule has 1 aromatic heterocycles. The smallest absolute Gasteiger partial charge is 0.342 e. The molecule has 3 atom stereocenters. The Morgan fingerprint density at radius 1 is 0.573 bits per heavy atom.